The summed E-state index contributed by atoms with van der Waals surface area (Å²) in [5.41, 5.74) is 6.03. The standard InChI is InChI=1S/C23H25N3O2S/c1-18(27)28-23-22(24-17-29-23)20-9-5-6-10-21(20)26-15-13-25(14-16-26)12-11-19-7-3-2-4-8-19/h2-10,17H,11-16H2,1H3. The normalized spacial score (nSPS) is 14.7. The third kappa shape index (κ3) is 4.83. The summed E-state index contributed by atoms with van der Waals surface area (Å²) in [4.78, 5) is 20.8. The van der Waals surface area contributed by atoms with Gasteiger partial charge in [0.25, 0.3) is 0 Å². The molecule has 0 saturated carbocycles. The van der Waals surface area contributed by atoms with Crippen molar-refractivity contribution in [1.29, 1.82) is 0 Å². The first-order valence-electron chi connectivity index (χ1n) is 9.93. The van der Waals surface area contributed by atoms with Crippen molar-refractivity contribution in [2.24, 2.45) is 0 Å². The van der Waals surface area contributed by atoms with E-state index < -0.39 is 0 Å². The number of nitrogens with zero attached hydrogens (tertiary/aromatic N) is 3. The topological polar surface area (TPSA) is 45.7 Å². The highest BCUT2D eigenvalue weighted by Gasteiger charge is 2.22. The van der Waals surface area contributed by atoms with E-state index in [9.17, 15) is 4.79 Å². The minimum Gasteiger partial charge on any atom is -0.413 e. The summed E-state index contributed by atoms with van der Waals surface area (Å²) in [5, 5.41) is 0.562. The van der Waals surface area contributed by atoms with E-state index in [0.29, 0.717) is 5.06 Å². The Kier molecular flexibility index (Phi) is 6.22. The Morgan fingerprint density at radius 3 is 2.52 bits per heavy atom. The SMILES string of the molecule is CC(=O)Oc1scnc1-c1ccccc1N1CCN(CCc2ccccc2)CC1. The van der Waals surface area contributed by atoms with Gasteiger partial charge in [0.2, 0.25) is 5.06 Å². The van der Waals surface area contributed by atoms with Gasteiger partial charge in [0.1, 0.15) is 5.69 Å². The maximum absolute atomic E-state index is 11.4. The number of benzene rings is 2. The van der Waals surface area contributed by atoms with Crippen LogP contribution in [0.5, 0.6) is 5.06 Å². The zero-order chi connectivity index (χ0) is 20.1. The van der Waals surface area contributed by atoms with Gasteiger partial charge in [-0.05, 0) is 18.1 Å². The summed E-state index contributed by atoms with van der Waals surface area (Å²) in [5.74, 6) is -0.319. The minimum absolute atomic E-state index is 0.319. The van der Waals surface area contributed by atoms with E-state index in [-0.39, 0.29) is 5.97 Å². The molecule has 150 valence electrons. The van der Waals surface area contributed by atoms with Crippen LogP contribution in [-0.4, -0.2) is 48.6 Å². The third-order valence-electron chi connectivity index (χ3n) is 5.20. The molecule has 1 fully saturated rings. The summed E-state index contributed by atoms with van der Waals surface area (Å²) >= 11 is 1.35. The lowest BCUT2D eigenvalue weighted by atomic mass is 10.1. The van der Waals surface area contributed by atoms with Crippen LogP contribution in [0.2, 0.25) is 0 Å². The van der Waals surface area contributed by atoms with Crippen molar-refractivity contribution in [2.45, 2.75) is 13.3 Å². The molecule has 0 atom stereocenters. The van der Waals surface area contributed by atoms with Gasteiger partial charge in [-0.15, -0.1) is 0 Å². The van der Waals surface area contributed by atoms with Gasteiger partial charge in [0.05, 0.1) is 5.51 Å². The molecule has 4 rings (SSSR count). The zero-order valence-corrected chi connectivity index (χ0v) is 17.4. The van der Waals surface area contributed by atoms with Gasteiger partial charge < -0.3 is 9.64 Å². The molecular formula is C23H25N3O2S. The van der Waals surface area contributed by atoms with Crippen molar-refractivity contribution in [3.8, 4) is 16.3 Å². The fourth-order valence-corrected chi connectivity index (χ4v) is 4.41. The second kappa shape index (κ2) is 9.20. The summed E-state index contributed by atoms with van der Waals surface area (Å²) in [6, 6.07) is 18.9. The maximum atomic E-state index is 11.4. The molecule has 29 heavy (non-hydrogen) atoms. The van der Waals surface area contributed by atoms with Crippen LogP contribution in [0.25, 0.3) is 11.3 Å². The van der Waals surface area contributed by atoms with Gasteiger partial charge >= 0.3 is 5.97 Å². The Morgan fingerprint density at radius 1 is 1.03 bits per heavy atom. The first-order valence-corrected chi connectivity index (χ1v) is 10.8. The Balaban J connectivity index is 1.43. The number of aromatic nitrogens is 1. The van der Waals surface area contributed by atoms with Gasteiger partial charge in [-0.1, -0.05) is 59.9 Å². The number of anilines is 1. The van der Waals surface area contributed by atoms with Crippen molar-refractivity contribution in [3.63, 3.8) is 0 Å². The Morgan fingerprint density at radius 2 is 1.76 bits per heavy atom. The molecule has 0 amide bonds. The van der Waals surface area contributed by atoms with Crippen molar-refractivity contribution < 1.29 is 9.53 Å². The summed E-state index contributed by atoms with van der Waals surface area (Å²) in [6.45, 7) is 6.52. The van der Waals surface area contributed by atoms with E-state index in [1.54, 1.807) is 5.51 Å². The van der Waals surface area contributed by atoms with Crippen LogP contribution in [0.4, 0.5) is 5.69 Å². The zero-order valence-electron chi connectivity index (χ0n) is 16.6. The Labute approximate surface area is 175 Å². The maximum Gasteiger partial charge on any atom is 0.308 e. The monoisotopic (exact) mass is 407 g/mol. The van der Waals surface area contributed by atoms with E-state index in [4.69, 9.17) is 4.74 Å². The lowest BCUT2D eigenvalue weighted by Crippen LogP contribution is -2.47. The van der Waals surface area contributed by atoms with Gasteiger partial charge in [-0.3, -0.25) is 9.69 Å². The minimum atomic E-state index is -0.319. The highest BCUT2D eigenvalue weighted by Crippen LogP contribution is 2.38. The molecule has 0 spiro atoms. The molecule has 1 aromatic heterocycles. The van der Waals surface area contributed by atoms with Crippen molar-refractivity contribution >= 4 is 23.0 Å². The van der Waals surface area contributed by atoms with E-state index >= 15 is 0 Å². The number of para-hydroxylation sites is 1. The first-order chi connectivity index (χ1) is 14.2. The second-order valence-corrected chi connectivity index (χ2v) is 7.98. The van der Waals surface area contributed by atoms with Crippen LogP contribution in [0.3, 0.4) is 0 Å². The quantitative estimate of drug-likeness (QED) is 0.576. The van der Waals surface area contributed by atoms with Gasteiger partial charge in [-0.2, -0.15) is 0 Å². The van der Waals surface area contributed by atoms with Gasteiger partial charge in [-0.25, -0.2) is 4.98 Å². The highest BCUT2D eigenvalue weighted by molar-refractivity contribution is 7.12. The molecule has 1 aliphatic rings. The van der Waals surface area contributed by atoms with Crippen LogP contribution in [0.1, 0.15) is 12.5 Å². The molecule has 3 aromatic rings. The van der Waals surface area contributed by atoms with Crippen LogP contribution in [0, 0.1) is 0 Å². The molecule has 5 nitrogen and oxygen atoms in total. The molecule has 0 bridgehead atoms. The molecule has 1 aliphatic heterocycles. The van der Waals surface area contributed by atoms with Gasteiger partial charge in [0, 0.05) is 50.9 Å². The molecule has 2 aromatic carbocycles. The smallest absolute Gasteiger partial charge is 0.308 e. The third-order valence-corrected chi connectivity index (χ3v) is 5.90. The molecule has 0 unspecified atom stereocenters. The molecule has 0 radical (unpaired) electrons. The average molecular weight is 408 g/mol. The molecule has 2 heterocycles. The van der Waals surface area contributed by atoms with Gasteiger partial charge in [0.15, 0.2) is 0 Å². The molecule has 6 heteroatoms. The number of piperazine rings is 1. The van der Waals surface area contributed by atoms with E-state index in [2.05, 4.69) is 63.3 Å². The average Bonchev–Trinajstić information content (AvgIpc) is 3.20. The number of carbonyl (C=O) groups is 1. The molecule has 0 aliphatic carbocycles. The van der Waals surface area contributed by atoms with E-state index in [1.807, 2.05) is 6.07 Å². The predicted octanol–water partition coefficient (Wildman–Crippen LogP) is 4.10. The summed E-state index contributed by atoms with van der Waals surface area (Å²) < 4.78 is 5.36. The molecular weight excluding hydrogens is 382 g/mol. The van der Waals surface area contributed by atoms with Crippen LogP contribution in [-0.2, 0) is 11.2 Å². The lowest BCUT2D eigenvalue weighted by Gasteiger charge is -2.37. The number of rotatable bonds is 6. The fraction of sp³-hybridized carbons (Fsp3) is 0.304. The molecule has 0 N–H and O–H groups in total. The van der Waals surface area contributed by atoms with Crippen molar-refractivity contribution in [1.82, 2.24) is 9.88 Å². The fourth-order valence-electron chi connectivity index (χ4n) is 3.71. The largest absolute Gasteiger partial charge is 0.413 e. The van der Waals surface area contributed by atoms with Crippen LogP contribution in [0.15, 0.2) is 60.1 Å². The Bertz CT molecular complexity index is 950. The number of carbonyl (C=O) groups excluding carboxylic acids is 1. The first kappa shape index (κ1) is 19.6. The summed E-state index contributed by atoms with van der Waals surface area (Å²) in [6.07, 6.45) is 1.09. The number of hydrogen-bond donors (Lipinski definition) is 0. The number of hydrogen-bond acceptors (Lipinski definition) is 6. The van der Waals surface area contributed by atoms with Crippen LogP contribution >= 0.6 is 11.3 Å². The van der Waals surface area contributed by atoms with Crippen LogP contribution < -0.4 is 9.64 Å². The molecule has 1 saturated heterocycles. The van der Waals surface area contributed by atoms with Crippen molar-refractivity contribution in [2.75, 3.05) is 37.6 Å². The number of ether oxygens (including phenoxy) is 1. The number of esters is 1. The number of thiazole rings is 1. The van der Waals surface area contributed by atoms with E-state index in [1.165, 1.54) is 23.8 Å². The summed E-state index contributed by atoms with van der Waals surface area (Å²) in [7, 11) is 0. The highest BCUT2D eigenvalue weighted by atomic mass is 32.1. The Hall–Kier alpha value is -2.70. The lowest BCUT2D eigenvalue weighted by molar-refractivity contribution is -0.131. The van der Waals surface area contributed by atoms with E-state index in [0.717, 1.165) is 56.1 Å². The van der Waals surface area contributed by atoms with Crippen molar-refractivity contribution in [3.05, 3.63) is 65.7 Å². The predicted molar refractivity (Wildman–Crippen MR) is 118 cm³/mol. The second-order valence-electron chi connectivity index (χ2n) is 7.16.